The van der Waals surface area contributed by atoms with E-state index in [-0.39, 0.29) is 17.2 Å². The number of hydrogen-bond donors (Lipinski definition) is 2. The van der Waals surface area contributed by atoms with Crippen LogP contribution in [-0.2, 0) is 11.3 Å². The first-order valence-corrected chi connectivity index (χ1v) is 9.84. The molecule has 29 heavy (non-hydrogen) atoms. The van der Waals surface area contributed by atoms with Crippen molar-refractivity contribution in [1.29, 1.82) is 0 Å². The van der Waals surface area contributed by atoms with Gasteiger partial charge >= 0.3 is 5.97 Å². The van der Waals surface area contributed by atoms with Gasteiger partial charge in [-0.3, -0.25) is 9.36 Å². The van der Waals surface area contributed by atoms with E-state index < -0.39 is 5.97 Å². The average molecular weight is 408 g/mol. The Morgan fingerprint density at radius 2 is 1.97 bits per heavy atom. The van der Waals surface area contributed by atoms with E-state index in [0.717, 1.165) is 5.56 Å². The Hall–Kier alpha value is -3.39. The number of carboxylic acid groups (broad SMARTS) is 1. The third kappa shape index (κ3) is 4.91. The summed E-state index contributed by atoms with van der Waals surface area (Å²) in [5.41, 5.74) is 2.38. The van der Waals surface area contributed by atoms with Gasteiger partial charge in [-0.15, -0.1) is 16.8 Å². The van der Waals surface area contributed by atoms with E-state index in [9.17, 15) is 9.59 Å². The fourth-order valence-electron chi connectivity index (χ4n) is 2.74. The standard InChI is InChI=1S/C21H20N4O3S/c1-3-11-25-19(15-7-5-4-6-8-15)23-24-21(25)29-13-18(26)22-17-10-9-16(20(27)28)12-14(17)2/h3-10,12H,1,11,13H2,2H3,(H,22,26)(H,27,28). The first kappa shape index (κ1) is 20.3. The summed E-state index contributed by atoms with van der Waals surface area (Å²) in [5.74, 6) is -0.356. The number of aryl methyl sites for hydroxylation is 1. The van der Waals surface area contributed by atoms with Gasteiger partial charge in [0.25, 0.3) is 0 Å². The molecule has 1 aromatic heterocycles. The Bertz CT molecular complexity index is 1050. The van der Waals surface area contributed by atoms with Crippen molar-refractivity contribution < 1.29 is 14.7 Å². The van der Waals surface area contributed by atoms with Gasteiger partial charge in [0, 0.05) is 17.8 Å². The van der Waals surface area contributed by atoms with Crippen molar-refractivity contribution in [2.45, 2.75) is 18.6 Å². The summed E-state index contributed by atoms with van der Waals surface area (Å²) in [6.45, 7) is 6.06. The molecule has 2 N–H and O–H groups in total. The van der Waals surface area contributed by atoms with Gasteiger partial charge in [-0.1, -0.05) is 48.2 Å². The topological polar surface area (TPSA) is 97.1 Å². The smallest absolute Gasteiger partial charge is 0.335 e. The molecule has 0 unspecified atom stereocenters. The van der Waals surface area contributed by atoms with Crippen LogP contribution in [0.2, 0.25) is 0 Å². The quantitative estimate of drug-likeness (QED) is 0.434. The Labute approximate surface area is 172 Å². The molecule has 2 aromatic carbocycles. The number of anilines is 1. The predicted octanol–water partition coefficient (Wildman–Crippen LogP) is 3.87. The number of aromatic nitrogens is 3. The molecule has 1 heterocycles. The average Bonchev–Trinajstić information content (AvgIpc) is 3.11. The van der Waals surface area contributed by atoms with E-state index in [0.29, 0.717) is 28.8 Å². The molecule has 0 spiro atoms. The molecular formula is C21H20N4O3S. The summed E-state index contributed by atoms with van der Waals surface area (Å²) in [5, 5.41) is 20.9. The van der Waals surface area contributed by atoms with E-state index in [2.05, 4.69) is 22.1 Å². The molecule has 3 aromatic rings. The van der Waals surface area contributed by atoms with Crippen LogP contribution in [0, 0.1) is 6.92 Å². The Morgan fingerprint density at radius 1 is 1.21 bits per heavy atom. The molecule has 7 nitrogen and oxygen atoms in total. The second kappa shape index (κ2) is 9.20. The van der Waals surface area contributed by atoms with Gasteiger partial charge < -0.3 is 10.4 Å². The monoisotopic (exact) mass is 408 g/mol. The van der Waals surface area contributed by atoms with Crippen LogP contribution >= 0.6 is 11.8 Å². The maximum atomic E-state index is 12.4. The Balaban J connectivity index is 1.70. The van der Waals surface area contributed by atoms with Gasteiger partial charge in [-0.2, -0.15) is 0 Å². The first-order chi connectivity index (χ1) is 14.0. The zero-order valence-corrected chi connectivity index (χ0v) is 16.6. The van der Waals surface area contributed by atoms with Crippen LogP contribution in [0.1, 0.15) is 15.9 Å². The molecule has 0 fully saturated rings. The maximum Gasteiger partial charge on any atom is 0.335 e. The fraction of sp³-hybridized carbons (Fsp3) is 0.143. The maximum absolute atomic E-state index is 12.4. The highest BCUT2D eigenvalue weighted by Gasteiger charge is 2.15. The Morgan fingerprint density at radius 3 is 2.62 bits per heavy atom. The summed E-state index contributed by atoms with van der Waals surface area (Å²) in [6, 6.07) is 14.3. The summed E-state index contributed by atoms with van der Waals surface area (Å²) < 4.78 is 1.91. The molecule has 3 rings (SSSR count). The number of carbonyl (C=O) groups excluding carboxylic acids is 1. The van der Waals surface area contributed by atoms with Crippen molar-refractivity contribution in [3.8, 4) is 11.4 Å². The normalized spacial score (nSPS) is 10.5. The number of benzene rings is 2. The fourth-order valence-corrected chi connectivity index (χ4v) is 3.49. The third-order valence-electron chi connectivity index (χ3n) is 4.14. The molecule has 0 aliphatic carbocycles. The minimum atomic E-state index is -1.00. The van der Waals surface area contributed by atoms with E-state index in [1.807, 2.05) is 34.9 Å². The van der Waals surface area contributed by atoms with Crippen molar-refractivity contribution in [3.05, 3.63) is 72.3 Å². The molecule has 0 aliphatic rings. The first-order valence-electron chi connectivity index (χ1n) is 8.85. The minimum Gasteiger partial charge on any atom is -0.478 e. The SMILES string of the molecule is C=CCn1c(SCC(=O)Nc2ccc(C(=O)O)cc2C)nnc1-c1ccccc1. The number of carboxylic acids is 1. The highest BCUT2D eigenvalue weighted by Crippen LogP contribution is 2.24. The van der Waals surface area contributed by atoms with Gasteiger partial charge in [-0.05, 0) is 30.7 Å². The largest absolute Gasteiger partial charge is 0.478 e. The lowest BCUT2D eigenvalue weighted by atomic mass is 10.1. The number of allylic oxidation sites excluding steroid dienone is 1. The van der Waals surface area contributed by atoms with Crippen molar-refractivity contribution in [1.82, 2.24) is 14.8 Å². The molecule has 0 atom stereocenters. The van der Waals surface area contributed by atoms with Crippen LogP contribution in [0.4, 0.5) is 5.69 Å². The summed E-state index contributed by atoms with van der Waals surface area (Å²) >= 11 is 1.28. The lowest BCUT2D eigenvalue weighted by molar-refractivity contribution is -0.113. The van der Waals surface area contributed by atoms with Gasteiger partial charge in [-0.25, -0.2) is 4.79 Å². The minimum absolute atomic E-state index is 0.143. The number of amides is 1. The van der Waals surface area contributed by atoms with Crippen LogP contribution in [0.15, 0.2) is 66.3 Å². The lowest BCUT2D eigenvalue weighted by Crippen LogP contribution is -2.15. The molecule has 0 radical (unpaired) electrons. The van der Waals surface area contributed by atoms with Gasteiger partial charge in [0.15, 0.2) is 11.0 Å². The third-order valence-corrected chi connectivity index (χ3v) is 5.11. The molecule has 0 saturated heterocycles. The molecule has 1 amide bonds. The lowest BCUT2D eigenvalue weighted by Gasteiger charge is -2.10. The van der Waals surface area contributed by atoms with Crippen LogP contribution in [0.5, 0.6) is 0 Å². The highest BCUT2D eigenvalue weighted by molar-refractivity contribution is 7.99. The zero-order valence-electron chi connectivity index (χ0n) is 15.8. The predicted molar refractivity (Wildman–Crippen MR) is 113 cm³/mol. The molecular weight excluding hydrogens is 388 g/mol. The van der Waals surface area contributed by atoms with Crippen molar-refractivity contribution in [3.63, 3.8) is 0 Å². The molecule has 0 bridgehead atoms. The van der Waals surface area contributed by atoms with E-state index in [1.54, 1.807) is 19.1 Å². The zero-order chi connectivity index (χ0) is 20.8. The second-order valence-electron chi connectivity index (χ2n) is 6.24. The number of aromatic carboxylic acids is 1. The van der Waals surface area contributed by atoms with E-state index >= 15 is 0 Å². The summed E-state index contributed by atoms with van der Waals surface area (Å²) in [7, 11) is 0. The van der Waals surface area contributed by atoms with Crippen molar-refractivity contribution >= 4 is 29.3 Å². The van der Waals surface area contributed by atoms with Crippen LogP contribution < -0.4 is 5.32 Å². The Kier molecular flexibility index (Phi) is 6.46. The number of thioether (sulfide) groups is 1. The number of nitrogens with zero attached hydrogens (tertiary/aromatic N) is 3. The number of rotatable bonds is 8. The number of carbonyl (C=O) groups is 2. The van der Waals surface area contributed by atoms with Crippen molar-refractivity contribution in [2.75, 3.05) is 11.1 Å². The van der Waals surface area contributed by atoms with Crippen LogP contribution in [0.25, 0.3) is 11.4 Å². The van der Waals surface area contributed by atoms with Gasteiger partial charge in [0.05, 0.1) is 11.3 Å². The summed E-state index contributed by atoms with van der Waals surface area (Å²) in [6.07, 6.45) is 1.76. The van der Waals surface area contributed by atoms with Crippen LogP contribution in [0.3, 0.4) is 0 Å². The molecule has 0 saturated carbocycles. The molecule has 148 valence electrons. The second-order valence-corrected chi connectivity index (χ2v) is 7.19. The van der Waals surface area contributed by atoms with Gasteiger partial charge in [0.2, 0.25) is 5.91 Å². The molecule has 8 heteroatoms. The van der Waals surface area contributed by atoms with Crippen LogP contribution in [-0.4, -0.2) is 37.5 Å². The molecule has 0 aliphatic heterocycles. The summed E-state index contributed by atoms with van der Waals surface area (Å²) in [4.78, 5) is 23.4. The number of nitrogens with one attached hydrogen (secondary N) is 1. The van der Waals surface area contributed by atoms with E-state index in [1.165, 1.54) is 23.9 Å². The number of hydrogen-bond acceptors (Lipinski definition) is 5. The van der Waals surface area contributed by atoms with Gasteiger partial charge in [0.1, 0.15) is 0 Å². The van der Waals surface area contributed by atoms with Crippen molar-refractivity contribution in [2.24, 2.45) is 0 Å². The van der Waals surface area contributed by atoms with E-state index in [4.69, 9.17) is 5.11 Å². The highest BCUT2D eigenvalue weighted by atomic mass is 32.2.